The Hall–Kier alpha value is -0.540. The van der Waals surface area contributed by atoms with Crippen molar-refractivity contribution in [1.29, 1.82) is 0 Å². The highest BCUT2D eigenvalue weighted by Crippen LogP contribution is 1.96. The summed E-state index contributed by atoms with van der Waals surface area (Å²) in [5, 5.41) is 8.99. The van der Waals surface area contributed by atoms with E-state index in [9.17, 15) is 0 Å². The van der Waals surface area contributed by atoms with Gasteiger partial charge in [-0.15, -0.1) is 0 Å². The Bertz CT molecular complexity index is 104. The third-order valence-electron chi connectivity index (χ3n) is 1.43. The number of aliphatic hydroxyl groups excluding tert-OH is 1. The summed E-state index contributed by atoms with van der Waals surface area (Å²) in [6.07, 6.45) is 3.31. The van der Waals surface area contributed by atoms with Crippen LogP contribution in [-0.4, -0.2) is 24.6 Å². The summed E-state index contributed by atoms with van der Waals surface area (Å²) in [5.41, 5.74) is 0. The minimum absolute atomic E-state index is 0.593. The monoisotopic (exact) mass is 174 g/mol. The van der Waals surface area contributed by atoms with Crippen LogP contribution in [0.4, 0.5) is 0 Å². The van der Waals surface area contributed by atoms with Crippen molar-refractivity contribution in [3.8, 4) is 0 Å². The van der Waals surface area contributed by atoms with Gasteiger partial charge in [-0.05, 0) is 19.3 Å². The van der Waals surface area contributed by atoms with Gasteiger partial charge in [-0.25, -0.2) is 0 Å². The highest BCUT2D eigenvalue weighted by molar-refractivity contribution is 4.49. The van der Waals surface area contributed by atoms with E-state index in [1.165, 1.54) is 6.26 Å². The predicted octanol–water partition coefficient (Wildman–Crippen LogP) is 1.67. The van der Waals surface area contributed by atoms with Crippen molar-refractivity contribution in [1.82, 2.24) is 0 Å². The molecule has 0 aliphatic heterocycles. The summed E-state index contributed by atoms with van der Waals surface area (Å²) in [7, 11) is 0. The topological polar surface area (TPSA) is 38.7 Å². The lowest BCUT2D eigenvalue weighted by atomic mass is 10.3. The first-order valence-corrected chi connectivity index (χ1v) is 4.33. The van der Waals surface area contributed by atoms with E-state index in [0.717, 1.165) is 12.8 Å². The second-order valence-electron chi connectivity index (χ2n) is 2.48. The van der Waals surface area contributed by atoms with E-state index in [2.05, 4.69) is 6.58 Å². The molecule has 0 spiro atoms. The molecule has 3 heteroatoms. The molecular formula is C9H18O3. The first kappa shape index (κ1) is 11.5. The third-order valence-corrected chi connectivity index (χ3v) is 1.43. The zero-order chi connectivity index (χ0) is 9.23. The van der Waals surface area contributed by atoms with E-state index in [1.54, 1.807) is 0 Å². The molecule has 0 aliphatic rings. The second-order valence-corrected chi connectivity index (χ2v) is 2.48. The molecule has 0 heterocycles. The first-order chi connectivity index (χ1) is 5.81. The van der Waals surface area contributed by atoms with Crippen molar-refractivity contribution >= 4 is 0 Å². The van der Waals surface area contributed by atoms with Crippen molar-refractivity contribution in [2.24, 2.45) is 0 Å². The Labute approximate surface area is 74.0 Å². The fourth-order valence-electron chi connectivity index (χ4n) is 0.708. The predicted molar refractivity (Wildman–Crippen MR) is 47.6 cm³/mol. The zero-order valence-corrected chi connectivity index (χ0v) is 7.66. The van der Waals surface area contributed by atoms with Crippen LogP contribution in [-0.2, 0) is 9.47 Å². The van der Waals surface area contributed by atoms with Gasteiger partial charge in [-0.2, -0.15) is 0 Å². The largest absolute Gasteiger partial charge is 0.502 e. The molecule has 0 aliphatic carbocycles. The van der Waals surface area contributed by atoms with Crippen LogP contribution in [0.1, 0.15) is 26.2 Å². The molecule has 0 fully saturated rings. The van der Waals surface area contributed by atoms with E-state index in [-0.39, 0.29) is 0 Å². The van der Waals surface area contributed by atoms with Crippen molar-refractivity contribution in [3.63, 3.8) is 0 Å². The SMILES string of the molecule is C=COCCCCOC(O)CC. The normalized spacial score (nSPS) is 12.5. The molecule has 0 saturated carbocycles. The van der Waals surface area contributed by atoms with E-state index in [0.29, 0.717) is 19.6 Å². The molecule has 12 heavy (non-hydrogen) atoms. The van der Waals surface area contributed by atoms with Gasteiger partial charge in [-0.3, -0.25) is 0 Å². The lowest BCUT2D eigenvalue weighted by Gasteiger charge is -2.08. The molecule has 1 N–H and O–H groups in total. The van der Waals surface area contributed by atoms with Crippen molar-refractivity contribution in [2.45, 2.75) is 32.5 Å². The van der Waals surface area contributed by atoms with E-state index in [1.807, 2.05) is 6.92 Å². The molecule has 0 amide bonds. The number of aliphatic hydroxyl groups is 1. The molecule has 72 valence electrons. The van der Waals surface area contributed by atoms with Crippen molar-refractivity contribution < 1.29 is 14.6 Å². The summed E-state index contributed by atoms with van der Waals surface area (Å²) in [6.45, 7) is 6.58. The fourth-order valence-corrected chi connectivity index (χ4v) is 0.708. The summed E-state index contributed by atoms with van der Waals surface area (Å²) in [4.78, 5) is 0. The number of unbranched alkanes of at least 4 members (excludes halogenated alkanes) is 1. The maximum Gasteiger partial charge on any atom is 0.154 e. The van der Waals surface area contributed by atoms with Crippen LogP contribution in [0.2, 0.25) is 0 Å². The molecule has 0 bridgehead atoms. The Morgan fingerprint density at radius 1 is 1.42 bits per heavy atom. The maximum absolute atomic E-state index is 8.99. The van der Waals surface area contributed by atoms with E-state index < -0.39 is 6.29 Å². The number of rotatable bonds is 8. The summed E-state index contributed by atoms with van der Waals surface area (Å²) < 4.78 is 9.96. The summed E-state index contributed by atoms with van der Waals surface area (Å²) in [6, 6.07) is 0. The zero-order valence-electron chi connectivity index (χ0n) is 7.66. The quantitative estimate of drug-likeness (QED) is 0.345. The van der Waals surface area contributed by atoms with Gasteiger partial charge in [0.15, 0.2) is 6.29 Å². The van der Waals surface area contributed by atoms with Gasteiger partial charge in [0.1, 0.15) is 0 Å². The Kier molecular flexibility index (Phi) is 8.17. The molecule has 0 saturated heterocycles. The average Bonchev–Trinajstić information content (AvgIpc) is 2.10. The lowest BCUT2D eigenvalue weighted by molar-refractivity contribution is -0.101. The summed E-state index contributed by atoms with van der Waals surface area (Å²) >= 11 is 0. The Morgan fingerprint density at radius 2 is 2.08 bits per heavy atom. The lowest BCUT2D eigenvalue weighted by Crippen LogP contribution is -2.11. The first-order valence-electron chi connectivity index (χ1n) is 4.33. The molecule has 1 unspecified atom stereocenters. The van der Waals surface area contributed by atoms with Crippen LogP contribution in [0.5, 0.6) is 0 Å². The Balaban J connectivity index is 2.95. The van der Waals surface area contributed by atoms with Gasteiger partial charge in [0.05, 0.1) is 12.9 Å². The van der Waals surface area contributed by atoms with Crippen molar-refractivity contribution in [2.75, 3.05) is 13.2 Å². The van der Waals surface area contributed by atoms with Crippen LogP contribution >= 0.6 is 0 Å². The molecular weight excluding hydrogens is 156 g/mol. The van der Waals surface area contributed by atoms with Gasteiger partial charge < -0.3 is 14.6 Å². The second kappa shape index (κ2) is 8.56. The van der Waals surface area contributed by atoms with Crippen LogP contribution in [0, 0.1) is 0 Å². The van der Waals surface area contributed by atoms with E-state index in [4.69, 9.17) is 14.6 Å². The van der Waals surface area contributed by atoms with Gasteiger partial charge in [0, 0.05) is 6.61 Å². The minimum Gasteiger partial charge on any atom is -0.502 e. The highest BCUT2D eigenvalue weighted by atomic mass is 16.6. The number of hydrogen-bond acceptors (Lipinski definition) is 3. The van der Waals surface area contributed by atoms with Gasteiger partial charge in [0.2, 0.25) is 0 Å². The molecule has 1 atom stereocenters. The smallest absolute Gasteiger partial charge is 0.154 e. The molecule has 0 rings (SSSR count). The van der Waals surface area contributed by atoms with Gasteiger partial charge in [0.25, 0.3) is 0 Å². The number of hydrogen-bond donors (Lipinski definition) is 1. The molecule has 0 aromatic rings. The van der Waals surface area contributed by atoms with Crippen molar-refractivity contribution in [3.05, 3.63) is 12.8 Å². The van der Waals surface area contributed by atoms with Gasteiger partial charge >= 0.3 is 0 Å². The highest BCUT2D eigenvalue weighted by Gasteiger charge is 1.98. The molecule has 0 aromatic carbocycles. The minimum atomic E-state index is -0.606. The summed E-state index contributed by atoms with van der Waals surface area (Å²) in [5.74, 6) is 0. The molecule has 0 aromatic heterocycles. The van der Waals surface area contributed by atoms with Gasteiger partial charge in [-0.1, -0.05) is 13.5 Å². The maximum atomic E-state index is 8.99. The van der Waals surface area contributed by atoms with Crippen LogP contribution in [0.25, 0.3) is 0 Å². The van der Waals surface area contributed by atoms with Crippen LogP contribution < -0.4 is 0 Å². The number of ether oxygens (including phenoxy) is 2. The standard InChI is InChI=1S/C9H18O3/c1-3-9(10)12-8-6-5-7-11-4-2/h4,9-10H,2-3,5-8H2,1H3. The third kappa shape index (κ3) is 7.57. The average molecular weight is 174 g/mol. The van der Waals surface area contributed by atoms with Crippen LogP contribution in [0.15, 0.2) is 12.8 Å². The Morgan fingerprint density at radius 3 is 2.67 bits per heavy atom. The van der Waals surface area contributed by atoms with Crippen LogP contribution in [0.3, 0.4) is 0 Å². The molecule has 0 radical (unpaired) electrons. The van der Waals surface area contributed by atoms with E-state index >= 15 is 0 Å². The fraction of sp³-hybridized carbons (Fsp3) is 0.778. The molecule has 3 nitrogen and oxygen atoms in total.